The van der Waals surface area contributed by atoms with Gasteiger partial charge in [-0.05, 0) is 46.8 Å². The Morgan fingerprint density at radius 1 is 1.04 bits per heavy atom. The summed E-state index contributed by atoms with van der Waals surface area (Å²) in [7, 11) is 1.55. The predicted octanol–water partition coefficient (Wildman–Crippen LogP) is 4.27. The highest BCUT2D eigenvalue weighted by atomic mass is 19.4. The quantitative estimate of drug-likeness (QED) is 0.303. The van der Waals surface area contributed by atoms with Crippen molar-refractivity contribution in [2.45, 2.75) is 6.18 Å². The van der Waals surface area contributed by atoms with E-state index in [1.807, 2.05) is 18.2 Å². The van der Waals surface area contributed by atoms with E-state index in [4.69, 9.17) is 15.9 Å². The molecule has 0 radical (unpaired) electrons. The van der Waals surface area contributed by atoms with Crippen LogP contribution < -0.4 is 15.2 Å². The van der Waals surface area contributed by atoms with Gasteiger partial charge >= 0.3 is 12.1 Å². The Kier molecular flexibility index (Phi) is 4.96. The van der Waals surface area contributed by atoms with E-state index >= 15 is 0 Å². The lowest BCUT2D eigenvalue weighted by Gasteiger charge is -2.14. The fourth-order valence-corrected chi connectivity index (χ4v) is 2.76. The number of carbonyl (C=O) groups excluding carboxylic acids is 1. The van der Waals surface area contributed by atoms with Crippen molar-refractivity contribution in [3.63, 3.8) is 0 Å². The third kappa shape index (κ3) is 3.75. The molecule has 8 heteroatoms. The number of benzene rings is 3. The molecule has 0 fully saturated rings. The maximum atomic E-state index is 12.7. The molecule has 5 nitrogen and oxygen atoms in total. The van der Waals surface area contributed by atoms with E-state index in [1.54, 1.807) is 31.4 Å². The summed E-state index contributed by atoms with van der Waals surface area (Å²) in [6.07, 6.45) is -5.17. The second-order valence-electron chi connectivity index (χ2n) is 5.91. The number of carbonyl (C=O) groups is 1. The normalized spacial score (nSPS) is 11.3. The Morgan fingerprint density at radius 3 is 2.39 bits per heavy atom. The molecule has 0 aliphatic heterocycles. The Labute approximate surface area is 158 Å². The van der Waals surface area contributed by atoms with Crippen LogP contribution >= 0.6 is 0 Å². The molecule has 0 bridgehead atoms. The molecule has 0 amide bonds. The van der Waals surface area contributed by atoms with E-state index in [0.717, 1.165) is 11.1 Å². The molecule has 3 aromatic carbocycles. The van der Waals surface area contributed by atoms with Gasteiger partial charge in [0.1, 0.15) is 17.3 Å². The maximum absolute atomic E-state index is 12.7. The van der Waals surface area contributed by atoms with Crippen LogP contribution in [0.25, 0.3) is 21.9 Å². The predicted molar refractivity (Wildman–Crippen MR) is 98.6 cm³/mol. The Bertz CT molecular complexity index is 1080. The van der Waals surface area contributed by atoms with Crippen molar-refractivity contribution in [1.82, 2.24) is 0 Å². The first-order valence-electron chi connectivity index (χ1n) is 8.05. The van der Waals surface area contributed by atoms with Crippen molar-refractivity contribution < 1.29 is 27.4 Å². The fraction of sp³-hybridized carbons (Fsp3) is 0.100. The van der Waals surface area contributed by atoms with Gasteiger partial charge in [0.05, 0.1) is 12.7 Å². The number of hydrogen-bond donors (Lipinski definition) is 2. The van der Waals surface area contributed by atoms with Crippen molar-refractivity contribution in [2.75, 3.05) is 7.11 Å². The van der Waals surface area contributed by atoms with Crippen LogP contribution in [0.3, 0.4) is 0 Å². The first-order chi connectivity index (χ1) is 13.2. The van der Waals surface area contributed by atoms with Crippen LogP contribution in [0.4, 0.5) is 13.2 Å². The van der Waals surface area contributed by atoms with Gasteiger partial charge in [0.15, 0.2) is 0 Å². The Balaban J connectivity index is 2.14. The second kappa shape index (κ2) is 7.22. The molecule has 0 saturated carbocycles. The van der Waals surface area contributed by atoms with Crippen LogP contribution in [-0.2, 0) is 4.79 Å². The number of amidine groups is 1. The summed E-state index contributed by atoms with van der Waals surface area (Å²) >= 11 is 0. The number of halogens is 3. The molecule has 0 spiro atoms. The molecule has 0 heterocycles. The molecule has 3 N–H and O–H groups in total. The number of hydrogen-bond acceptors (Lipinski definition) is 4. The first-order valence-corrected chi connectivity index (χ1v) is 8.05. The maximum Gasteiger partial charge on any atom is 0.491 e. The Morgan fingerprint density at radius 2 is 1.75 bits per heavy atom. The van der Waals surface area contributed by atoms with Crippen LogP contribution in [-0.4, -0.2) is 25.1 Å². The second-order valence-corrected chi connectivity index (χ2v) is 5.91. The van der Waals surface area contributed by atoms with E-state index in [2.05, 4.69) is 4.74 Å². The van der Waals surface area contributed by atoms with Crippen molar-refractivity contribution in [3.8, 4) is 22.6 Å². The van der Waals surface area contributed by atoms with Gasteiger partial charge in [-0.3, -0.25) is 5.41 Å². The molecule has 0 aliphatic rings. The molecule has 28 heavy (non-hydrogen) atoms. The van der Waals surface area contributed by atoms with E-state index in [0.29, 0.717) is 11.1 Å². The number of methoxy groups -OCH3 is 1. The minimum Gasteiger partial charge on any atom is -0.497 e. The summed E-state index contributed by atoms with van der Waals surface area (Å²) in [5.74, 6) is -2.63. The zero-order valence-electron chi connectivity index (χ0n) is 14.6. The average molecular weight is 388 g/mol. The number of ether oxygens (including phenoxy) is 2. The molecule has 3 aromatic rings. The van der Waals surface area contributed by atoms with Crippen molar-refractivity contribution >= 4 is 22.6 Å². The summed E-state index contributed by atoms with van der Waals surface area (Å²) in [6.45, 7) is 0. The molecule has 0 aromatic heterocycles. The molecular weight excluding hydrogens is 373 g/mol. The average Bonchev–Trinajstić information content (AvgIpc) is 2.66. The summed E-state index contributed by atoms with van der Waals surface area (Å²) in [5, 5.41) is 8.32. The standard InChI is InChI=1S/C20H15F3N2O3/c1-27-14-4-2-3-11(10-14)12-5-7-15-13(9-12)6-8-16(18(24)25)17(15)28-19(26)20(21,22)23/h2-10H,1H3,(H3,24,25). The number of alkyl halides is 3. The van der Waals surface area contributed by atoms with E-state index in [-0.39, 0.29) is 10.9 Å². The topological polar surface area (TPSA) is 85.4 Å². The number of rotatable bonds is 4. The molecular formula is C20H15F3N2O3. The highest BCUT2D eigenvalue weighted by Crippen LogP contribution is 2.35. The van der Waals surface area contributed by atoms with E-state index in [9.17, 15) is 18.0 Å². The summed E-state index contributed by atoms with van der Waals surface area (Å²) in [5.41, 5.74) is 6.97. The van der Waals surface area contributed by atoms with E-state index < -0.39 is 23.7 Å². The van der Waals surface area contributed by atoms with Gasteiger partial charge in [0.25, 0.3) is 0 Å². The number of fused-ring (bicyclic) bond motifs is 1. The first kappa shape index (κ1) is 19.2. The van der Waals surface area contributed by atoms with E-state index in [1.165, 1.54) is 12.1 Å². The van der Waals surface area contributed by atoms with Crippen LogP contribution in [0, 0.1) is 5.41 Å². The largest absolute Gasteiger partial charge is 0.497 e. The number of nitrogen functional groups attached to an aromatic ring is 1. The van der Waals surface area contributed by atoms with Gasteiger partial charge in [-0.1, -0.05) is 24.3 Å². The summed E-state index contributed by atoms with van der Waals surface area (Å²) in [4.78, 5) is 11.3. The van der Waals surface area contributed by atoms with Crippen LogP contribution in [0.5, 0.6) is 11.5 Å². The van der Waals surface area contributed by atoms with Crippen LogP contribution in [0.1, 0.15) is 5.56 Å². The highest BCUT2D eigenvalue weighted by molar-refractivity contribution is 6.06. The van der Waals surface area contributed by atoms with Gasteiger partial charge in [-0.15, -0.1) is 0 Å². The molecule has 144 valence electrons. The zero-order chi connectivity index (χ0) is 20.5. The summed E-state index contributed by atoms with van der Waals surface area (Å²) < 4.78 is 47.7. The number of nitrogens with two attached hydrogens (primary N) is 1. The minimum atomic E-state index is -5.17. The fourth-order valence-electron chi connectivity index (χ4n) is 2.76. The SMILES string of the molecule is COc1cccc(-c2ccc3c(OC(=O)C(F)(F)F)c(C(=N)N)ccc3c2)c1. The van der Waals surface area contributed by atoms with Gasteiger partial charge in [0.2, 0.25) is 0 Å². The van der Waals surface area contributed by atoms with Crippen molar-refractivity contribution in [1.29, 1.82) is 5.41 Å². The number of nitrogens with one attached hydrogen (secondary N) is 1. The Hall–Kier alpha value is -3.55. The molecule has 0 saturated heterocycles. The highest BCUT2D eigenvalue weighted by Gasteiger charge is 2.42. The molecule has 0 aliphatic carbocycles. The zero-order valence-corrected chi connectivity index (χ0v) is 14.6. The molecule has 3 rings (SSSR count). The minimum absolute atomic E-state index is 0.0979. The van der Waals surface area contributed by atoms with Gasteiger partial charge < -0.3 is 15.2 Å². The van der Waals surface area contributed by atoms with Gasteiger partial charge in [-0.2, -0.15) is 13.2 Å². The van der Waals surface area contributed by atoms with Crippen LogP contribution in [0.2, 0.25) is 0 Å². The molecule has 0 unspecified atom stereocenters. The lowest BCUT2D eigenvalue weighted by Crippen LogP contribution is -2.29. The van der Waals surface area contributed by atoms with Gasteiger partial charge in [0, 0.05) is 5.39 Å². The lowest BCUT2D eigenvalue weighted by molar-refractivity contribution is -0.189. The van der Waals surface area contributed by atoms with Gasteiger partial charge in [-0.25, -0.2) is 4.79 Å². The smallest absolute Gasteiger partial charge is 0.491 e. The molecule has 0 atom stereocenters. The lowest BCUT2D eigenvalue weighted by atomic mass is 9.98. The monoisotopic (exact) mass is 388 g/mol. The third-order valence-corrected chi connectivity index (χ3v) is 4.09. The number of esters is 1. The third-order valence-electron chi connectivity index (χ3n) is 4.09. The summed E-state index contributed by atoms with van der Waals surface area (Å²) in [6, 6.07) is 15.2. The van der Waals surface area contributed by atoms with Crippen molar-refractivity contribution in [3.05, 3.63) is 60.2 Å². The van der Waals surface area contributed by atoms with Crippen molar-refractivity contribution in [2.24, 2.45) is 5.73 Å². The van der Waals surface area contributed by atoms with Crippen LogP contribution in [0.15, 0.2) is 54.6 Å².